The van der Waals surface area contributed by atoms with E-state index in [1.807, 2.05) is 67.6 Å². The number of aliphatic hydroxyl groups excluding tert-OH is 1. The largest absolute Gasteiger partial charge is 0.503 e. The third-order valence-electron chi connectivity index (χ3n) is 5.63. The third kappa shape index (κ3) is 3.45. The first-order valence-electron chi connectivity index (χ1n) is 10.1. The summed E-state index contributed by atoms with van der Waals surface area (Å²) in [4.78, 5) is 14.9. The van der Waals surface area contributed by atoms with Crippen molar-refractivity contribution in [3.05, 3.63) is 101 Å². The molecule has 0 bridgehead atoms. The molecular formula is C26H25NO3. The molecule has 0 unspecified atom stereocenters. The van der Waals surface area contributed by atoms with Crippen molar-refractivity contribution in [3.8, 4) is 5.75 Å². The molecule has 1 N–H and O–H groups in total. The lowest BCUT2D eigenvalue weighted by atomic mass is 9.92. The second kappa shape index (κ2) is 8.07. The van der Waals surface area contributed by atoms with Gasteiger partial charge in [-0.05, 0) is 54.3 Å². The van der Waals surface area contributed by atoms with Gasteiger partial charge in [0.1, 0.15) is 5.75 Å². The maximum atomic E-state index is 13.2. The van der Waals surface area contributed by atoms with E-state index in [2.05, 4.69) is 19.1 Å². The fraction of sp³-hybridized carbons (Fsp3) is 0.192. The van der Waals surface area contributed by atoms with E-state index < -0.39 is 11.9 Å². The monoisotopic (exact) mass is 399 g/mol. The number of rotatable bonds is 5. The van der Waals surface area contributed by atoms with E-state index in [9.17, 15) is 9.90 Å². The van der Waals surface area contributed by atoms with Crippen LogP contribution in [0.15, 0.2) is 78.6 Å². The highest BCUT2D eigenvalue weighted by Crippen LogP contribution is 2.45. The fourth-order valence-corrected chi connectivity index (χ4v) is 3.89. The van der Waals surface area contributed by atoms with E-state index in [-0.39, 0.29) is 5.76 Å². The van der Waals surface area contributed by atoms with Gasteiger partial charge in [0.15, 0.2) is 5.76 Å². The summed E-state index contributed by atoms with van der Waals surface area (Å²) in [5, 5.41) is 10.9. The number of benzene rings is 3. The van der Waals surface area contributed by atoms with E-state index in [0.29, 0.717) is 17.0 Å². The minimum Gasteiger partial charge on any atom is -0.503 e. The molecule has 0 saturated carbocycles. The second-order valence-electron chi connectivity index (χ2n) is 7.50. The summed E-state index contributed by atoms with van der Waals surface area (Å²) < 4.78 is 5.26. The molecule has 0 aliphatic carbocycles. The Balaban J connectivity index is 1.86. The molecule has 1 aliphatic rings. The zero-order valence-electron chi connectivity index (χ0n) is 17.4. The number of methoxy groups -OCH3 is 1. The Hall–Kier alpha value is -3.53. The standard InChI is InChI=1S/C26H25NO3/c1-4-18-7-11-20(12-8-18)24-23(19-9-5-17(2)6-10-19)25(28)26(29)27(24)21-13-15-22(30-3)16-14-21/h5-16,24,28H,4H2,1-3H3/t24-/m1/s1. The summed E-state index contributed by atoms with van der Waals surface area (Å²) in [7, 11) is 1.61. The first-order chi connectivity index (χ1) is 14.5. The average molecular weight is 399 g/mol. The number of carbonyl (C=O) groups is 1. The lowest BCUT2D eigenvalue weighted by Gasteiger charge is -2.28. The van der Waals surface area contributed by atoms with Gasteiger partial charge in [0, 0.05) is 11.3 Å². The Bertz CT molecular complexity index is 1080. The molecule has 152 valence electrons. The molecule has 0 spiro atoms. The van der Waals surface area contributed by atoms with Crippen molar-refractivity contribution in [2.75, 3.05) is 12.0 Å². The van der Waals surface area contributed by atoms with Gasteiger partial charge in [-0.15, -0.1) is 0 Å². The van der Waals surface area contributed by atoms with Crippen molar-refractivity contribution < 1.29 is 14.6 Å². The maximum Gasteiger partial charge on any atom is 0.294 e. The van der Waals surface area contributed by atoms with Crippen LogP contribution in [0.5, 0.6) is 5.75 Å². The molecule has 0 radical (unpaired) electrons. The summed E-state index contributed by atoms with van der Waals surface area (Å²) in [6.45, 7) is 4.13. The van der Waals surface area contributed by atoms with Crippen LogP contribution in [-0.2, 0) is 11.2 Å². The molecular weight excluding hydrogens is 374 g/mol. The number of anilines is 1. The second-order valence-corrected chi connectivity index (χ2v) is 7.50. The summed E-state index contributed by atoms with van der Waals surface area (Å²) in [6.07, 6.45) is 0.942. The van der Waals surface area contributed by atoms with Crippen LogP contribution < -0.4 is 9.64 Å². The van der Waals surface area contributed by atoms with E-state index >= 15 is 0 Å². The van der Waals surface area contributed by atoms with Gasteiger partial charge in [0.2, 0.25) is 0 Å². The molecule has 1 amide bonds. The average Bonchev–Trinajstić information content (AvgIpc) is 3.05. The first kappa shape index (κ1) is 19.8. The van der Waals surface area contributed by atoms with Crippen molar-refractivity contribution in [1.29, 1.82) is 0 Å². The quantitative estimate of drug-likeness (QED) is 0.605. The molecule has 4 heteroatoms. The highest BCUT2D eigenvalue weighted by molar-refractivity contribution is 6.16. The van der Waals surface area contributed by atoms with Crippen LogP contribution in [0.4, 0.5) is 5.69 Å². The van der Waals surface area contributed by atoms with Crippen molar-refractivity contribution in [2.24, 2.45) is 0 Å². The van der Waals surface area contributed by atoms with Crippen LogP contribution in [-0.4, -0.2) is 18.1 Å². The number of nitrogens with zero attached hydrogens (tertiary/aromatic N) is 1. The van der Waals surface area contributed by atoms with Gasteiger partial charge in [-0.2, -0.15) is 0 Å². The topological polar surface area (TPSA) is 49.8 Å². The Kier molecular flexibility index (Phi) is 5.32. The zero-order chi connectivity index (χ0) is 21.3. The summed E-state index contributed by atoms with van der Waals surface area (Å²) in [5.74, 6) is 0.102. The van der Waals surface area contributed by atoms with Crippen LogP contribution in [0.25, 0.3) is 5.57 Å². The summed E-state index contributed by atoms with van der Waals surface area (Å²) >= 11 is 0. The highest BCUT2D eigenvalue weighted by Gasteiger charge is 2.41. The van der Waals surface area contributed by atoms with Gasteiger partial charge in [-0.3, -0.25) is 9.69 Å². The van der Waals surface area contributed by atoms with Gasteiger partial charge in [0.25, 0.3) is 5.91 Å². The predicted octanol–water partition coefficient (Wildman–Crippen LogP) is 5.62. The molecule has 0 saturated heterocycles. The minimum absolute atomic E-state index is 0.209. The van der Waals surface area contributed by atoms with Gasteiger partial charge < -0.3 is 9.84 Å². The molecule has 0 fully saturated rings. The number of amides is 1. The van der Waals surface area contributed by atoms with Crippen LogP contribution in [0.3, 0.4) is 0 Å². The molecule has 1 aliphatic heterocycles. The molecule has 3 aromatic rings. The number of carbonyl (C=O) groups excluding carboxylic acids is 1. The Morgan fingerprint density at radius 3 is 2.13 bits per heavy atom. The van der Waals surface area contributed by atoms with Gasteiger partial charge in [0.05, 0.1) is 13.2 Å². The van der Waals surface area contributed by atoms with Crippen molar-refractivity contribution >= 4 is 17.2 Å². The lowest BCUT2D eigenvalue weighted by Crippen LogP contribution is -2.30. The lowest BCUT2D eigenvalue weighted by molar-refractivity contribution is -0.117. The predicted molar refractivity (Wildman–Crippen MR) is 120 cm³/mol. The smallest absolute Gasteiger partial charge is 0.294 e. The van der Waals surface area contributed by atoms with E-state index in [1.165, 1.54) is 5.56 Å². The van der Waals surface area contributed by atoms with Crippen molar-refractivity contribution in [2.45, 2.75) is 26.3 Å². The van der Waals surface area contributed by atoms with Gasteiger partial charge in [-0.1, -0.05) is 61.0 Å². The Morgan fingerprint density at radius 1 is 0.933 bits per heavy atom. The third-order valence-corrected chi connectivity index (χ3v) is 5.63. The van der Waals surface area contributed by atoms with Gasteiger partial charge >= 0.3 is 0 Å². The number of hydrogen-bond acceptors (Lipinski definition) is 3. The highest BCUT2D eigenvalue weighted by atomic mass is 16.5. The SMILES string of the molecule is CCc1ccc([C@@H]2C(c3ccc(C)cc3)=C(O)C(=O)N2c2ccc(OC)cc2)cc1. The minimum atomic E-state index is -0.417. The molecule has 4 nitrogen and oxygen atoms in total. The molecule has 1 atom stereocenters. The Labute approximate surface area is 177 Å². The molecule has 0 aromatic heterocycles. The first-order valence-corrected chi connectivity index (χ1v) is 10.1. The fourth-order valence-electron chi connectivity index (χ4n) is 3.89. The molecule has 30 heavy (non-hydrogen) atoms. The van der Waals surface area contributed by atoms with E-state index in [4.69, 9.17) is 4.74 Å². The normalized spacial score (nSPS) is 16.3. The van der Waals surface area contributed by atoms with Crippen molar-refractivity contribution in [3.63, 3.8) is 0 Å². The zero-order valence-corrected chi connectivity index (χ0v) is 17.4. The van der Waals surface area contributed by atoms with Crippen LogP contribution in [0.1, 0.15) is 35.2 Å². The number of aryl methyl sites for hydroxylation is 2. The molecule has 3 aromatic carbocycles. The van der Waals surface area contributed by atoms with Crippen LogP contribution >= 0.6 is 0 Å². The van der Waals surface area contributed by atoms with Gasteiger partial charge in [-0.25, -0.2) is 0 Å². The maximum absolute atomic E-state index is 13.2. The number of ether oxygens (including phenoxy) is 1. The van der Waals surface area contributed by atoms with Crippen LogP contribution in [0.2, 0.25) is 0 Å². The Morgan fingerprint density at radius 2 is 1.57 bits per heavy atom. The van der Waals surface area contributed by atoms with E-state index in [0.717, 1.165) is 23.1 Å². The number of aliphatic hydroxyl groups is 1. The molecule has 1 heterocycles. The number of hydrogen-bond donors (Lipinski definition) is 1. The summed E-state index contributed by atoms with van der Waals surface area (Å²) in [5.41, 5.74) is 5.48. The van der Waals surface area contributed by atoms with Crippen LogP contribution in [0, 0.1) is 6.92 Å². The van der Waals surface area contributed by atoms with E-state index in [1.54, 1.807) is 12.0 Å². The van der Waals surface area contributed by atoms with Crippen molar-refractivity contribution in [1.82, 2.24) is 0 Å². The molecule has 4 rings (SSSR count). The summed E-state index contributed by atoms with van der Waals surface area (Å²) in [6, 6.07) is 23.0.